The molecule has 4 nitrogen and oxygen atoms in total. The lowest BCUT2D eigenvalue weighted by Gasteiger charge is -2.07. The molecule has 47 heavy (non-hydrogen) atoms. The SMILES string of the molecule is CCCCCCCCCCCCCCCC(=O)OC(C)C.CCCCCCCCCCCCCCCC(=O)OCCCCCCCC. The van der Waals surface area contributed by atoms with Gasteiger partial charge in [-0.25, -0.2) is 0 Å². The fourth-order valence-corrected chi connectivity index (χ4v) is 6.04. The number of ether oxygens (including phenoxy) is 2. The Hall–Kier alpha value is -1.06. The lowest BCUT2D eigenvalue weighted by molar-refractivity contribution is -0.147. The number of hydrogen-bond donors (Lipinski definition) is 0. The maximum atomic E-state index is 11.7. The summed E-state index contributed by atoms with van der Waals surface area (Å²) in [5.41, 5.74) is 0. The molecule has 282 valence electrons. The molecule has 0 unspecified atom stereocenters. The van der Waals surface area contributed by atoms with E-state index < -0.39 is 0 Å². The maximum absolute atomic E-state index is 11.7. The van der Waals surface area contributed by atoms with Gasteiger partial charge in [0, 0.05) is 12.8 Å². The summed E-state index contributed by atoms with van der Waals surface area (Å²) in [6.07, 6.45) is 43.5. The normalized spacial score (nSPS) is 11.0. The van der Waals surface area contributed by atoms with Gasteiger partial charge in [-0.15, -0.1) is 0 Å². The minimum Gasteiger partial charge on any atom is -0.466 e. The van der Waals surface area contributed by atoms with Gasteiger partial charge in [0.05, 0.1) is 12.7 Å². The molecule has 0 spiro atoms. The zero-order valence-corrected chi connectivity index (χ0v) is 33.0. The van der Waals surface area contributed by atoms with Crippen molar-refractivity contribution in [2.24, 2.45) is 0 Å². The van der Waals surface area contributed by atoms with Crippen LogP contribution in [0.2, 0.25) is 0 Å². The summed E-state index contributed by atoms with van der Waals surface area (Å²) in [5, 5.41) is 0. The Morgan fingerprint density at radius 2 is 0.617 bits per heavy atom. The first kappa shape index (κ1) is 48.1. The predicted molar refractivity (Wildman–Crippen MR) is 206 cm³/mol. The Morgan fingerprint density at radius 3 is 0.915 bits per heavy atom. The van der Waals surface area contributed by atoms with Crippen LogP contribution < -0.4 is 0 Å². The van der Waals surface area contributed by atoms with Crippen LogP contribution in [-0.2, 0) is 19.1 Å². The van der Waals surface area contributed by atoms with Crippen molar-refractivity contribution in [3.8, 4) is 0 Å². The zero-order chi connectivity index (χ0) is 34.9. The maximum Gasteiger partial charge on any atom is 0.306 e. The van der Waals surface area contributed by atoms with Gasteiger partial charge in [-0.1, -0.05) is 207 Å². The van der Waals surface area contributed by atoms with E-state index in [-0.39, 0.29) is 18.0 Å². The molecule has 0 fully saturated rings. The zero-order valence-electron chi connectivity index (χ0n) is 33.0. The highest BCUT2D eigenvalue weighted by molar-refractivity contribution is 5.69. The molecule has 0 aromatic rings. The first-order valence-corrected chi connectivity index (χ1v) is 21.3. The van der Waals surface area contributed by atoms with Crippen molar-refractivity contribution in [3.05, 3.63) is 0 Å². The van der Waals surface area contributed by atoms with E-state index in [1.165, 1.54) is 186 Å². The minimum absolute atomic E-state index is 0.0154. The Bertz CT molecular complexity index is 603. The van der Waals surface area contributed by atoms with Gasteiger partial charge in [-0.3, -0.25) is 9.59 Å². The number of hydrogen-bond acceptors (Lipinski definition) is 4. The fraction of sp³-hybridized carbons (Fsp3) is 0.953. The molecule has 0 heterocycles. The van der Waals surface area contributed by atoms with E-state index in [0.29, 0.717) is 19.4 Å². The molecular formula is C43H86O4. The van der Waals surface area contributed by atoms with Crippen molar-refractivity contribution in [1.82, 2.24) is 0 Å². The monoisotopic (exact) mass is 667 g/mol. The number of esters is 2. The van der Waals surface area contributed by atoms with Crippen LogP contribution in [0, 0.1) is 0 Å². The van der Waals surface area contributed by atoms with Crippen LogP contribution in [-0.4, -0.2) is 24.6 Å². The van der Waals surface area contributed by atoms with Gasteiger partial charge < -0.3 is 9.47 Å². The van der Waals surface area contributed by atoms with Crippen LogP contribution >= 0.6 is 0 Å². The molecule has 0 aliphatic heterocycles. The number of unbranched alkanes of at least 4 members (excludes halogenated alkanes) is 29. The highest BCUT2D eigenvalue weighted by atomic mass is 16.5. The quantitative estimate of drug-likeness (QED) is 0.0493. The van der Waals surface area contributed by atoms with E-state index in [9.17, 15) is 9.59 Å². The molecule has 0 aliphatic carbocycles. The summed E-state index contributed by atoms with van der Waals surface area (Å²) in [4.78, 5) is 23.0. The summed E-state index contributed by atoms with van der Waals surface area (Å²) in [5.74, 6) is -0.0188. The van der Waals surface area contributed by atoms with Gasteiger partial charge >= 0.3 is 11.9 Å². The largest absolute Gasteiger partial charge is 0.466 e. The van der Waals surface area contributed by atoms with Crippen LogP contribution in [0.5, 0.6) is 0 Å². The van der Waals surface area contributed by atoms with E-state index in [4.69, 9.17) is 9.47 Å². The van der Waals surface area contributed by atoms with Gasteiger partial charge in [0.2, 0.25) is 0 Å². The van der Waals surface area contributed by atoms with Crippen molar-refractivity contribution >= 4 is 11.9 Å². The third-order valence-corrected chi connectivity index (χ3v) is 9.10. The van der Waals surface area contributed by atoms with E-state index in [1.54, 1.807) is 0 Å². The molecule has 0 radical (unpaired) electrons. The van der Waals surface area contributed by atoms with Crippen LogP contribution in [0.4, 0.5) is 0 Å². The van der Waals surface area contributed by atoms with Crippen molar-refractivity contribution < 1.29 is 19.1 Å². The molecule has 0 aliphatic rings. The number of carbonyl (C=O) groups excluding carboxylic acids is 2. The molecule has 0 amide bonds. The van der Waals surface area contributed by atoms with Crippen molar-refractivity contribution in [2.75, 3.05) is 6.61 Å². The highest BCUT2D eigenvalue weighted by Gasteiger charge is 2.05. The molecule has 0 rings (SSSR count). The first-order chi connectivity index (χ1) is 23.0. The van der Waals surface area contributed by atoms with Gasteiger partial charge in [0.15, 0.2) is 0 Å². The van der Waals surface area contributed by atoms with E-state index in [1.807, 2.05) is 13.8 Å². The third kappa shape index (κ3) is 47.1. The van der Waals surface area contributed by atoms with Gasteiger partial charge in [-0.2, -0.15) is 0 Å². The highest BCUT2D eigenvalue weighted by Crippen LogP contribution is 2.15. The van der Waals surface area contributed by atoms with Crippen molar-refractivity contribution in [1.29, 1.82) is 0 Å². The molecule has 0 atom stereocenters. The summed E-state index contributed by atoms with van der Waals surface area (Å²) in [6.45, 7) is 11.2. The number of carbonyl (C=O) groups is 2. The average Bonchev–Trinajstić information content (AvgIpc) is 3.05. The lowest BCUT2D eigenvalue weighted by atomic mass is 10.0. The fourth-order valence-electron chi connectivity index (χ4n) is 6.04. The van der Waals surface area contributed by atoms with E-state index in [0.717, 1.165) is 19.3 Å². The second kappa shape index (κ2) is 43.0. The second-order valence-corrected chi connectivity index (χ2v) is 14.5. The van der Waals surface area contributed by atoms with Crippen molar-refractivity contribution in [3.63, 3.8) is 0 Å². The Morgan fingerprint density at radius 1 is 0.362 bits per heavy atom. The predicted octanol–water partition coefficient (Wildman–Crippen LogP) is 14.8. The topological polar surface area (TPSA) is 52.6 Å². The lowest BCUT2D eigenvalue weighted by Crippen LogP contribution is -2.10. The average molecular weight is 667 g/mol. The van der Waals surface area contributed by atoms with E-state index >= 15 is 0 Å². The van der Waals surface area contributed by atoms with Crippen LogP contribution in [0.15, 0.2) is 0 Å². The summed E-state index contributed by atoms with van der Waals surface area (Å²) in [6, 6.07) is 0. The van der Waals surface area contributed by atoms with Crippen LogP contribution in [0.25, 0.3) is 0 Å². The van der Waals surface area contributed by atoms with Gasteiger partial charge in [0.25, 0.3) is 0 Å². The molecule has 0 N–H and O–H groups in total. The summed E-state index contributed by atoms with van der Waals surface area (Å²) < 4.78 is 10.4. The summed E-state index contributed by atoms with van der Waals surface area (Å²) >= 11 is 0. The Balaban J connectivity index is 0. The first-order valence-electron chi connectivity index (χ1n) is 21.3. The molecule has 0 saturated heterocycles. The second-order valence-electron chi connectivity index (χ2n) is 14.5. The van der Waals surface area contributed by atoms with E-state index in [2.05, 4.69) is 20.8 Å². The smallest absolute Gasteiger partial charge is 0.306 e. The Kier molecular flexibility index (Phi) is 43.9. The van der Waals surface area contributed by atoms with Crippen LogP contribution in [0.3, 0.4) is 0 Å². The van der Waals surface area contributed by atoms with Gasteiger partial charge in [0.1, 0.15) is 0 Å². The third-order valence-electron chi connectivity index (χ3n) is 9.10. The molecule has 0 bridgehead atoms. The molecule has 0 aromatic heterocycles. The molecule has 4 heteroatoms. The molecular weight excluding hydrogens is 580 g/mol. The summed E-state index contributed by atoms with van der Waals surface area (Å²) in [7, 11) is 0. The van der Waals surface area contributed by atoms with Crippen LogP contribution in [0.1, 0.15) is 253 Å². The minimum atomic E-state index is -0.0342. The standard InChI is InChI=1S/C24H48O2.C19H38O2/c1-3-5-7-9-11-12-13-14-15-16-17-18-20-22-24(25)26-23-21-19-10-8-6-4-2;1-4-5-6-7-8-9-10-11-12-13-14-15-16-17-19(20)21-18(2)3/h3-23H2,1-2H3;18H,4-17H2,1-3H3. The van der Waals surface area contributed by atoms with Gasteiger partial charge in [-0.05, 0) is 33.1 Å². The number of rotatable bonds is 36. The van der Waals surface area contributed by atoms with Crippen molar-refractivity contribution in [2.45, 2.75) is 259 Å². The molecule has 0 aromatic carbocycles. The molecule has 0 saturated carbocycles. The Labute approximate surface area is 296 Å².